The Morgan fingerprint density at radius 1 is 1.08 bits per heavy atom. The zero-order chi connectivity index (χ0) is 27.2. The molecule has 1 aliphatic carbocycles. The number of aryl methyl sites for hydroxylation is 1. The molecule has 3 aliphatic rings. The Hall–Kier alpha value is -3.23. The number of morpholine rings is 1. The lowest BCUT2D eigenvalue weighted by Gasteiger charge is -2.32. The minimum Gasteiger partial charge on any atom is -0.497 e. The molecule has 1 atom stereocenters. The van der Waals surface area contributed by atoms with Crippen LogP contribution in [0, 0.1) is 12.8 Å². The third-order valence-electron chi connectivity index (χ3n) is 8.16. The maximum absolute atomic E-state index is 13.9. The lowest BCUT2D eigenvalue weighted by atomic mass is 9.97. The Bertz CT molecular complexity index is 1170. The van der Waals surface area contributed by atoms with Crippen LogP contribution in [0.15, 0.2) is 53.6 Å². The number of carbonyl (C=O) groups excluding carboxylic acids is 2. The highest BCUT2D eigenvalue weighted by atomic mass is 16.5. The molecule has 2 aliphatic heterocycles. The second-order valence-corrected chi connectivity index (χ2v) is 10.8. The van der Waals surface area contributed by atoms with Crippen LogP contribution in [0.4, 0.5) is 0 Å². The zero-order valence-electron chi connectivity index (χ0n) is 23.2. The van der Waals surface area contributed by atoms with Gasteiger partial charge in [0.1, 0.15) is 12.3 Å². The number of hydrazone groups is 1. The minimum absolute atomic E-state index is 0.0183. The van der Waals surface area contributed by atoms with Gasteiger partial charge in [0.05, 0.1) is 32.1 Å². The summed E-state index contributed by atoms with van der Waals surface area (Å²) in [6.07, 6.45) is 4.59. The fraction of sp³-hybridized carbons (Fsp3) is 0.516. The Labute approximate surface area is 231 Å². The van der Waals surface area contributed by atoms with Gasteiger partial charge in [0.2, 0.25) is 5.91 Å². The Morgan fingerprint density at radius 2 is 1.82 bits per heavy atom. The fourth-order valence-corrected chi connectivity index (χ4v) is 5.79. The third kappa shape index (κ3) is 6.68. The highest BCUT2D eigenvalue weighted by molar-refractivity contribution is 6.03. The van der Waals surface area contributed by atoms with E-state index in [0.29, 0.717) is 26.2 Å². The summed E-state index contributed by atoms with van der Waals surface area (Å²) in [5.74, 6) is 0.733. The molecule has 0 N–H and O–H groups in total. The molecule has 0 bridgehead atoms. The second-order valence-electron chi connectivity index (χ2n) is 10.8. The molecule has 2 amide bonds. The van der Waals surface area contributed by atoms with Crippen molar-refractivity contribution >= 4 is 17.5 Å². The Balaban J connectivity index is 1.38. The summed E-state index contributed by atoms with van der Waals surface area (Å²) in [5, 5.41) is 6.47. The van der Waals surface area contributed by atoms with Crippen LogP contribution in [0.1, 0.15) is 54.8 Å². The van der Waals surface area contributed by atoms with Crippen LogP contribution in [0.3, 0.4) is 0 Å². The molecule has 0 radical (unpaired) electrons. The summed E-state index contributed by atoms with van der Waals surface area (Å²) in [6, 6.07) is 15.9. The standard InChI is InChI=1S/C31H40N4O4/c1-23-10-12-24(13-11-23)29-21-28(26-8-5-9-27(20-26)38-2)32-35(29)30(36)22-34(31(37)25-6-3-4-7-25)15-14-33-16-18-39-19-17-33/h5,8-13,20,25,29H,3-4,6-7,14-19,21-22H2,1-2H3/t29-/m0/s1. The van der Waals surface area contributed by atoms with Crippen LogP contribution in [0.25, 0.3) is 0 Å². The molecule has 0 spiro atoms. The van der Waals surface area contributed by atoms with Crippen molar-refractivity contribution in [3.8, 4) is 5.75 Å². The van der Waals surface area contributed by atoms with Crippen molar-refractivity contribution in [2.75, 3.05) is 53.0 Å². The fourth-order valence-electron chi connectivity index (χ4n) is 5.79. The van der Waals surface area contributed by atoms with E-state index in [-0.39, 0.29) is 30.3 Å². The monoisotopic (exact) mass is 532 g/mol. The van der Waals surface area contributed by atoms with Crippen molar-refractivity contribution in [2.45, 2.75) is 45.1 Å². The van der Waals surface area contributed by atoms with Gasteiger partial charge >= 0.3 is 0 Å². The van der Waals surface area contributed by atoms with E-state index < -0.39 is 0 Å². The largest absolute Gasteiger partial charge is 0.497 e. The number of hydrogen-bond donors (Lipinski definition) is 0. The summed E-state index contributed by atoms with van der Waals surface area (Å²) >= 11 is 0. The molecule has 8 nitrogen and oxygen atoms in total. The molecular formula is C31H40N4O4. The normalized spacial score (nSPS) is 20.2. The second kappa shape index (κ2) is 12.7. The SMILES string of the molecule is COc1cccc(C2=NN(C(=O)CN(CCN3CCOCC3)C(=O)C3CCCC3)[C@H](c3ccc(C)cc3)C2)c1. The predicted octanol–water partition coefficient (Wildman–Crippen LogP) is 4.03. The molecule has 2 aromatic carbocycles. The Kier molecular flexibility index (Phi) is 8.94. The number of methoxy groups -OCH3 is 1. The minimum atomic E-state index is -0.220. The average molecular weight is 533 g/mol. The van der Waals surface area contributed by atoms with Crippen molar-refractivity contribution < 1.29 is 19.1 Å². The van der Waals surface area contributed by atoms with E-state index in [0.717, 1.165) is 67.9 Å². The zero-order valence-corrected chi connectivity index (χ0v) is 23.2. The molecule has 208 valence electrons. The first-order chi connectivity index (χ1) is 19.0. The molecule has 1 saturated carbocycles. The Morgan fingerprint density at radius 3 is 2.54 bits per heavy atom. The highest BCUT2D eigenvalue weighted by Gasteiger charge is 2.36. The van der Waals surface area contributed by atoms with Gasteiger partial charge in [0.25, 0.3) is 5.91 Å². The van der Waals surface area contributed by atoms with E-state index >= 15 is 0 Å². The molecule has 5 rings (SSSR count). The van der Waals surface area contributed by atoms with E-state index in [2.05, 4.69) is 36.1 Å². The molecule has 1 saturated heterocycles. The van der Waals surface area contributed by atoms with Gasteiger partial charge in [-0.1, -0.05) is 54.8 Å². The molecule has 2 heterocycles. The molecule has 39 heavy (non-hydrogen) atoms. The third-order valence-corrected chi connectivity index (χ3v) is 8.16. The number of nitrogens with zero attached hydrogens (tertiary/aromatic N) is 4. The summed E-state index contributed by atoms with van der Waals surface area (Å²) < 4.78 is 10.9. The van der Waals surface area contributed by atoms with E-state index in [1.165, 1.54) is 5.56 Å². The molecule has 2 aromatic rings. The molecule has 8 heteroatoms. The van der Waals surface area contributed by atoms with Crippen LogP contribution in [-0.4, -0.2) is 85.4 Å². The molecular weight excluding hydrogens is 492 g/mol. The molecule has 0 aromatic heterocycles. The maximum atomic E-state index is 13.9. The van der Waals surface area contributed by atoms with Crippen molar-refractivity contribution in [1.29, 1.82) is 0 Å². The number of amides is 2. The number of rotatable bonds is 9. The van der Waals surface area contributed by atoms with Crippen LogP contribution < -0.4 is 4.74 Å². The van der Waals surface area contributed by atoms with Crippen molar-refractivity contribution in [3.63, 3.8) is 0 Å². The highest BCUT2D eigenvalue weighted by Crippen LogP contribution is 2.34. The number of hydrogen-bond acceptors (Lipinski definition) is 6. The van der Waals surface area contributed by atoms with E-state index in [4.69, 9.17) is 14.6 Å². The van der Waals surface area contributed by atoms with Crippen LogP contribution in [0.5, 0.6) is 5.75 Å². The van der Waals surface area contributed by atoms with Crippen LogP contribution in [-0.2, 0) is 14.3 Å². The van der Waals surface area contributed by atoms with Crippen molar-refractivity contribution in [2.24, 2.45) is 11.0 Å². The summed E-state index contributed by atoms with van der Waals surface area (Å²) in [5.41, 5.74) is 3.99. The maximum Gasteiger partial charge on any atom is 0.262 e. The van der Waals surface area contributed by atoms with E-state index in [1.54, 1.807) is 17.0 Å². The molecule has 0 unspecified atom stereocenters. The van der Waals surface area contributed by atoms with Crippen molar-refractivity contribution in [1.82, 2.24) is 14.8 Å². The smallest absolute Gasteiger partial charge is 0.262 e. The van der Waals surface area contributed by atoms with Gasteiger partial charge in [0.15, 0.2) is 0 Å². The van der Waals surface area contributed by atoms with Gasteiger partial charge in [-0.2, -0.15) is 5.10 Å². The average Bonchev–Trinajstić information content (AvgIpc) is 3.67. The quantitative estimate of drug-likeness (QED) is 0.488. The van der Waals surface area contributed by atoms with E-state index in [1.807, 2.05) is 24.3 Å². The van der Waals surface area contributed by atoms with Gasteiger partial charge in [0, 0.05) is 44.1 Å². The summed E-state index contributed by atoms with van der Waals surface area (Å²) in [7, 11) is 1.65. The summed E-state index contributed by atoms with van der Waals surface area (Å²) in [4.78, 5) is 31.6. The van der Waals surface area contributed by atoms with Gasteiger partial charge in [-0.05, 0) is 37.5 Å². The summed E-state index contributed by atoms with van der Waals surface area (Å²) in [6.45, 7) is 6.51. The number of ether oxygens (including phenoxy) is 2. The van der Waals surface area contributed by atoms with E-state index in [9.17, 15) is 9.59 Å². The first kappa shape index (κ1) is 27.3. The first-order valence-electron chi connectivity index (χ1n) is 14.2. The van der Waals surface area contributed by atoms with Gasteiger partial charge < -0.3 is 14.4 Å². The number of benzene rings is 2. The topological polar surface area (TPSA) is 74.7 Å². The van der Waals surface area contributed by atoms with Gasteiger partial charge in [-0.3, -0.25) is 14.5 Å². The number of carbonyl (C=O) groups is 2. The van der Waals surface area contributed by atoms with Gasteiger partial charge in [-0.15, -0.1) is 0 Å². The van der Waals surface area contributed by atoms with Crippen LogP contribution in [0.2, 0.25) is 0 Å². The lowest BCUT2D eigenvalue weighted by molar-refractivity contribution is -0.144. The first-order valence-corrected chi connectivity index (χ1v) is 14.2. The van der Waals surface area contributed by atoms with Crippen LogP contribution >= 0.6 is 0 Å². The predicted molar refractivity (Wildman–Crippen MR) is 151 cm³/mol. The lowest BCUT2D eigenvalue weighted by Crippen LogP contribution is -2.47. The van der Waals surface area contributed by atoms with Crippen molar-refractivity contribution in [3.05, 3.63) is 65.2 Å². The molecule has 2 fully saturated rings. The van der Waals surface area contributed by atoms with Gasteiger partial charge in [-0.25, -0.2) is 5.01 Å².